The van der Waals surface area contributed by atoms with Crippen molar-refractivity contribution in [1.29, 1.82) is 0 Å². The van der Waals surface area contributed by atoms with E-state index < -0.39 is 68.0 Å². The number of aromatic nitrogens is 4. The molecular formula is C10H21N5Na4O17P4. The molecule has 2 aromatic rings. The number of H-pyrrole nitrogens is 1. The molecule has 40 heavy (non-hydrogen) atoms. The molecule has 1 aliphatic rings. The number of fused-ring (bicyclic) bond motifs is 1. The molecule has 0 aromatic carbocycles. The molecule has 10 N–H and O–H groups in total. The van der Waals surface area contributed by atoms with Crippen molar-refractivity contribution in [2.45, 2.75) is 24.5 Å². The molecule has 7 atom stereocenters. The third-order valence-corrected chi connectivity index (χ3v) is 9.54. The molecule has 22 nitrogen and oxygen atoms in total. The van der Waals surface area contributed by atoms with Crippen LogP contribution < -0.4 is 11.3 Å². The van der Waals surface area contributed by atoms with Gasteiger partial charge in [-0.25, -0.2) is 23.2 Å². The fraction of sp³-hybridized carbons (Fsp3) is 0.500. The number of hydrogen-bond acceptors (Lipinski definition) is 15. The predicted molar refractivity (Wildman–Crippen MR) is 138 cm³/mol. The molecule has 30 heteroatoms. The average molecular weight is 699 g/mol. The molecule has 0 amide bonds. The molecule has 212 valence electrons. The van der Waals surface area contributed by atoms with Gasteiger partial charge in [-0.3, -0.25) is 18.9 Å². The van der Waals surface area contributed by atoms with Crippen LogP contribution in [0.4, 0.5) is 5.95 Å². The summed E-state index contributed by atoms with van der Waals surface area (Å²) in [6, 6.07) is 0. The minimum absolute atomic E-state index is 0. The Labute approximate surface area is 310 Å². The van der Waals surface area contributed by atoms with Gasteiger partial charge in [0.05, 0.1) is 12.9 Å². The number of ether oxygens (including phenoxy) is 1. The number of nitrogens with two attached hydrogens (primary N) is 1. The number of phosphoric acid groups is 4. The third kappa shape index (κ3) is 12.4. The molecule has 0 bridgehead atoms. The number of aliphatic hydroxyl groups is 2. The van der Waals surface area contributed by atoms with Crippen LogP contribution in [0.2, 0.25) is 0 Å². The maximum absolute atomic E-state index is 12.0. The molecule has 3 heterocycles. The fourth-order valence-electron chi connectivity index (χ4n) is 2.84. The summed E-state index contributed by atoms with van der Waals surface area (Å²) in [6.07, 6.45) is -5.66. The minimum atomic E-state index is -6.04. The molecule has 3 unspecified atom stereocenters. The zero-order valence-electron chi connectivity index (χ0n) is 17.0. The fourth-order valence-corrected chi connectivity index (χ4v) is 7.30. The number of aliphatic hydroxyl groups excluding tert-OH is 2. The van der Waals surface area contributed by atoms with Crippen molar-refractivity contribution >= 4 is 167 Å². The third-order valence-electron chi connectivity index (χ3n) is 4.09. The number of rotatable bonds is 10. The number of anilines is 1. The number of nitrogens with zero attached hydrogens (tertiary/aromatic N) is 3. The van der Waals surface area contributed by atoms with Crippen LogP contribution in [0.25, 0.3) is 11.2 Å². The van der Waals surface area contributed by atoms with E-state index in [9.17, 15) is 43.1 Å². The van der Waals surface area contributed by atoms with Gasteiger partial charge in [0.15, 0.2) is 17.4 Å². The van der Waals surface area contributed by atoms with Crippen molar-refractivity contribution in [3.8, 4) is 0 Å². The normalized spacial score (nSPS) is 25.2. The van der Waals surface area contributed by atoms with E-state index in [0.29, 0.717) is 0 Å². The van der Waals surface area contributed by atoms with Crippen molar-refractivity contribution < 1.29 is 75.1 Å². The van der Waals surface area contributed by atoms with Crippen molar-refractivity contribution in [3.63, 3.8) is 0 Å². The monoisotopic (exact) mass is 699 g/mol. The number of imidazole rings is 1. The topological polar surface area (TPSA) is 346 Å². The van der Waals surface area contributed by atoms with Gasteiger partial charge in [-0.2, -0.15) is 17.9 Å². The molecule has 0 radical (unpaired) electrons. The van der Waals surface area contributed by atoms with Crippen LogP contribution >= 0.6 is 31.3 Å². The van der Waals surface area contributed by atoms with Crippen molar-refractivity contribution in [2.24, 2.45) is 0 Å². The van der Waals surface area contributed by atoms with Gasteiger partial charge in [-0.05, 0) is 0 Å². The van der Waals surface area contributed by atoms with Crippen LogP contribution in [0, 0.1) is 0 Å². The summed E-state index contributed by atoms with van der Waals surface area (Å²) in [6.45, 7) is -1.11. The van der Waals surface area contributed by atoms with Crippen LogP contribution in [-0.2, 0) is 40.5 Å². The van der Waals surface area contributed by atoms with Crippen molar-refractivity contribution in [3.05, 3.63) is 16.7 Å². The van der Waals surface area contributed by atoms with Crippen LogP contribution in [0.1, 0.15) is 6.23 Å². The van der Waals surface area contributed by atoms with E-state index in [-0.39, 0.29) is 135 Å². The Bertz CT molecular complexity index is 1400. The Morgan fingerprint density at radius 2 is 1.45 bits per heavy atom. The standard InChI is InChI=1S/C10H17N5O17P4.4Na.4H/c11-10-13-7-4(8(18)14-10)12-2-15(7)9-6(17)5(16)3(29-9)1-28-34(22,23)31-36(26,27)32-35(24,25)30-33(19,20)21;;;;;;;;/h2-3,5-6,9,16-17H,1H2,(H,22,23)(H,24,25)(H,26,27)(H2,19,20,21)(H3,11,13,14,18);;;;;;;;/t3-,5-,6-,9-;;;;;;;;/m1......../s1. The van der Waals surface area contributed by atoms with Crippen molar-refractivity contribution in [2.75, 3.05) is 12.3 Å². The molecule has 2 aromatic heterocycles. The maximum atomic E-state index is 12.0. The Morgan fingerprint density at radius 1 is 0.925 bits per heavy atom. The van der Waals surface area contributed by atoms with E-state index in [2.05, 4.69) is 32.4 Å². The first-order valence-electron chi connectivity index (χ1n) is 8.85. The Kier molecular flexibility index (Phi) is 18.9. The first-order chi connectivity index (χ1) is 16.3. The van der Waals surface area contributed by atoms with Gasteiger partial charge in [0.25, 0.3) is 5.56 Å². The van der Waals surface area contributed by atoms with Crippen LogP contribution in [0.5, 0.6) is 0 Å². The summed E-state index contributed by atoms with van der Waals surface area (Å²) >= 11 is 0. The molecular weight excluding hydrogens is 678 g/mol. The Balaban J connectivity index is 0. The first-order valence-corrected chi connectivity index (χ1v) is 14.9. The van der Waals surface area contributed by atoms with E-state index in [0.717, 1.165) is 10.9 Å². The van der Waals surface area contributed by atoms with Gasteiger partial charge in [-0.1, -0.05) is 0 Å². The molecule has 0 spiro atoms. The SMILES string of the molecule is Nc1nc2c(ncn2[C@@H]2O[C@H](COP(=O)(O)OP(=O)(O)OP(=O)(O)OP(=O)(O)O)[C@@H](O)[C@H]2O)c(=O)[nH]1.[NaH].[NaH].[NaH].[NaH]. The van der Waals surface area contributed by atoms with Gasteiger partial charge in [0.2, 0.25) is 5.95 Å². The summed E-state index contributed by atoms with van der Waals surface area (Å²) in [5, 5.41) is 20.5. The summed E-state index contributed by atoms with van der Waals surface area (Å²) < 4.78 is 66.7. The zero-order chi connectivity index (χ0) is 27.3. The van der Waals surface area contributed by atoms with E-state index in [1.54, 1.807) is 0 Å². The van der Waals surface area contributed by atoms with E-state index in [4.69, 9.17) is 25.2 Å². The first kappa shape index (κ1) is 44.7. The average Bonchev–Trinajstić information content (AvgIpc) is 3.18. The number of nitrogens with one attached hydrogen (secondary N) is 1. The Morgan fingerprint density at radius 3 is 2.00 bits per heavy atom. The summed E-state index contributed by atoms with van der Waals surface area (Å²) in [7, 11) is -23.4. The molecule has 3 rings (SSSR count). The van der Waals surface area contributed by atoms with E-state index >= 15 is 0 Å². The molecule has 1 fully saturated rings. The zero-order valence-corrected chi connectivity index (χ0v) is 20.6. The van der Waals surface area contributed by atoms with Gasteiger partial charge < -0.3 is 45.2 Å². The second-order valence-corrected chi connectivity index (χ2v) is 12.8. The summed E-state index contributed by atoms with van der Waals surface area (Å²) in [4.78, 5) is 66.6. The van der Waals surface area contributed by atoms with Crippen molar-refractivity contribution in [1.82, 2.24) is 19.5 Å². The number of aromatic amines is 1. The summed E-state index contributed by atoms with van der Waals surface area (Å²) in [5.74, 6) is -0.310. The summed E-state index contributed by atoms with van der Waals surface area (Å²) in [5.41, 5.74) is 4.38. The number of hydrogen-bond donors (Lipinski definition) is 9. The second kappa shape index (κ2) is 16.9. The van der Waals surface area contributed by atoms with Crippen LogP contribution in [0.3, 0.4) is 0 Å². The Hall–Kier alpha value is 2.59. The van der Waals surface area contributed by atoms with Crippen LogP contribution in [0.15, 0.2) is 11.1 Å². The number of nitrogen functional groups attached to an aromatic ring is 1. The van der Waals surface area contributed by atoms with Crippen LogP contribution in [-0.4, -0.2) is 197 Å². The second-order valence-electron chi connectivity index (χ2n) is 6.76. The van der Waals surface area contributed by atoms with Gasteiger partial charge in [0, 0.05) is 0 Å². The molecule has 1 saturated heterocycles. The molecule has 1 aliphatic heterocycles. The quantitative estimate of drug-likeness (QED) is 0.0829. The van der Waals surface area contributed by atoms with E-state index in [1.165, 1.54) is 0 Å². The van der Waals surface area contributed by atoms with E-state index in [1.807, 2.05) is 0 Å². The predicted octanol–water partition coefficient (Wildman–Crippen LogP) is -4.81. The van der Waals surface area contributed by atoms with Gasteiger partial charge in [0.1, 0.15) is 18.3 Å². The molecule has 0 saturated carbocycles. The van der Waals surface area contributed by atoms with Gasteiger partial charge in [-0.15, -0.1) is 0 Å². The molecule has 0 aliphatic carbocycles. The van der Waals surface area contributed by atoms with Gasteiger partial charge >= 0.3 is 150 Å². The number of phosphoric ester groups is 1.